The first-order valence-electron chi connectivity index (χ1n) is 6.28. The fraction of sp³-hybridized carbons (Fsp3) is 0.818. The molecule has 0 unspecified atom stereocenters. The molecule has 7 nitrogen and oxygen atoms in total. The van der Waals surface area contributed by atoms with Crippen LogP contribution in [-0.4, -0.2) is 44.6 Å². The molecule has 1 aliphatic heterocycles. The van der Waals surface area contributed by atoms with E-state index in [1.54, 1.807) is 0 Å². The lowest BCUT2D eigenvalue weighted by Crippen LogP contribution is -2.39. The van der Waals surface area contributed by atoms with E-state index in [1.165, 1.54) is 12.8 Å². The van der Waals surface area contributed by atoms with E-state index in [9.17, 15) is 9.59 Å². The quantitative estimate of drug-likeness (QED) is 0.416. The van der Waals surface area contributed by atoms with Gasteiger partial charge in [0.1, 0.15) is 6.61 Å². The first-order chi connectivity index (χ1) is 8.72. The molecule has 0 radical (unpaired) electrons. The lowest BCUT2D eigenvalue weighted by molar-refractivity contribution is -0.129. The van der Waals surface area contributed by atoms with Crippen LogP contribution in [0.3, 0.4) is 0 Å². The summed E-state index contributed by atoms with van der Waals surface area (Å²) in [5.41, 5.74) is 0. The summed E-state index contributed by atoms with van der Waals surface area (Å²) in [5.74, 6) is 4.84. The van der Waals surface area contributed by atoms with Crippen LogP contribution in [0.4, 0.5) is 0 Å². The lowest BCUT2D eigenvalue weighted by Gasteiger charge is -2.22. The van der Waals surface area contributed by atoms with Gasteiger partial charge in [0.15, 0.2) is 0 Å². The Kier molecular flexibility index (Phi) is 7.31. The third kappa shape index (κ3) is 6.53. The number of carbonyl (C=O) groups is 2. The predicted molar refractivity (Wildman–Crippen MR) is 66.4 cm³/mol. The minimum absolute atomic E-state index is 0.0333. The molecule has 2 amide bonds. The van der Waals surface area contributed by atoms with E-state index in [2.05, 4.69) is 20.8 Å². The highest BCUT2D eigenvalue weighted by Gasteiger charge is 2.12. The molecule has 0 aromatic heterocycles. The second kappa shape index (κ2) is 8.84. The Morgan fingerprint density at radius 3 is 2.61 bits per heavy atom. The van der Waals surface area contributed by atoms with Crippen LogP contribution < -0.4 is 21.8 Å². The van der Waals surface area contributed by atoms with Crippen LogP contribution in [0.1, 0.15) is 19.3 Å². The van der Waals surface area contributed by atoms with Crippen molar-refractivity contribution < 1.29 is 14.4 Å². The van der Waals surface area contributed by atoms with Crippen LogP contribution in [0.15, 0.2) is 0 Å². The zero-order valence-electron chi connectivity index (χ0n) is 10.5. The van der Waals surface area contributed by atoms with Crippen molar-refractivity contribution in [2.45, 2.75) is 19.3 Å². The molecular formula is C11H22N4O3. The van der Waals surface area contributed by atoms with Crippen molar-refractivity contribution in [3.8, 4) is 0 Å². The van der Waals surface area contributed by atoms with Crippen LogP contribution in [0.25, 0.3) is 0 Å². The van der Waals surface area contributed by atoms with E-state index in [0.717, 1.165) is 19.5 Å². The van der Waals surface area contributed by atoms with Crippen LogP contribution in [0, 0.1) is 5.92 Å². The highest BCUT2D eigenvalue weighted by molar-refractivity contribution is 5.85. The minimum atomic E-state index is -0.397. The Morgan fingerprint density at radius 2 is 1.94 bits per heavy atom. The Bertz CT molecular complexity index is 267. The largest absolute Gasteiger partial charge is 0.355 e. The second-order valence-electron chi connectivity index (χ2n) is 4.42. The SMILES string of the molecule is NOCC(=O)NCC(=O)NCCC1CCNCC1. The molecule has 0 aliphatic carbocycles. The average Bonchev–Trinajstić information content (AvgIpc) is 2.38. The third-order valence-electron chi connectivity index (χ3n) is 2.99. The lowest BCUT2D eigenvalue weighted by atomic mass is 9.95. The maximum atomic E-state index is 11.4. The van der Waals surface area contributed by atoms with Gasteiger partial charge in [-0.1, -0.05) is 0 Å². The molecular weight excluding hydrogens is 236 g/mol. The summed E-state index contributed by atoms with van der Waals surface area (Å²) >= 11 is 0. The molecule has 0 bridgehead atoms. The molecule has 1 saturated heterocycles. The molecule has 1 rings (SSSR count). The molecule has 1 fully saturated rings. The molecule has 1 aliphatic rings. The van der Waals surface area contributed by atoms with Crippen molar-refractivity contribution in [2.24, 2.45) is 11.8 Å². The molecule has 0 aromatic rings. The number of hydrogen-bond acceptors (Lipinski definition) is 5. The molecule has 0 aromatic carbocycles. The van der Waals surface area contributed by atoms with Gasteiger partial charge in [-0.3, -0.25) is 14.4 Å². The monoisotopic (exact) mass is 258 g/mol. The molecule has 0 spiro atoms. The third-order valence-corrected chi connectivity index (χ3v) is 2.99. The van der Waals surface area contributed by atoms with Gasteiger partial charge < -0.3 is 16.0 Å². The van der Waals surface area contributed by atoms with E-state index in [4.69, 9.17) is 5.90 Å². The van der Waals surface area contributed by atoms with Crippen molar-refractivity contribution in [1.29, 1.82) is 0 Å². The first-order valence-corrected chi connectivity index (χ1v) is 6.28. The molecule has 104 valence electrons. The van der Waals surface area contributed by atoms with Crippen molar-refractivity contribution in [3.05, 3.63) is 0 Å². The summed E-state index contributed by atoms with van der Waals surface area (Å²) in [5, 5.41) is 8.49. The molecule has 5 N–H and O–H groups in total. The van der Waals surface area contributed by atoms with Gasteiger partial charge in [0.25, 0.3) is 0 Å². The summed E-state index contributed by atoms with van der Waals surface area (Å²) in [7, 11) is 0. The van der Waals surface area contributed by atoms with Crippen LogP contribution in [0.2, 0.25) is 0 Å². The van der Waals surface area contributed by atoms with Gasteiger partial charge in [0.05, 0.1) is 6.54 Å². The fourth-order valence-corrected chi connectivity index (χ4v) is 1.95. The van der Waals surface area contributed by atoms with E-state index < -0.39 is 5.91 Å². The molecule has 0 saturated carbocycles. The Balaban J connectivity index is 2.00. The molecule has 7 heteroatoms. The summed E-state index contributed by atoms with van der Waals surface area (Å²) in [4.78, 5) is 26.5. The maximum absolute atomic E-state index is 11.4. The van der Waals surface area contributed by atoms with E-state index >= 15 is 0 Å². The van der Waals surface area contributed by atoms with Crippen molar-refractivity contribution in [2.75, 3.05) is 32.8 Å². The summed E-state index contributed by atoms with van der Waals surface area (Å²) < 4.78 is 0. The van der Waals surface area contributed by atoms with Crippen LogP contribution in [-0.2, 0) is 14.4 Å². The first kappa shape index (κ1) is 14.9. The molecule has 18 heavy (non-hydrogen) atoms. The zero-order valence-corrected chi connectivity index (χ0v) is 10.5. The highest BCUT2D eigenvalue weighted by atomic mass is 16.6. The normalized spacial score (nSPS) is 16.3. The molecule has 0 atom stereocenters. The predicted octanol–water partition coefficient (Wildman–Crippen LogP) is -1.50. The van der Waals surface area contributed by atoms with Crippen molar-refractivity contribution >= 4 is 11.8 Å². The number of piperidine rings is 1. The zero-order chi connectivity index (χ0) is 13.2. The highest BCUT2D eigenvalue weighted by Crippen LogP contribution is 2.14. The number of amides is 2. The van der Waals surface area contributed by atoms with Gasteiger partial charge >= 0.3 is 0 Å². The fourth-order valence-electron chi connectivity index (χ4n) is 1.95. The van der Waals surface area contributed by atoms with E-state index in [-0.39, 0.29) is 19.1 Å². The number of carbonyl (C=O) groups excluding carboxylic acids is 2. The minimum Gasteiger partial charge on any atom is -0.355 e. The Hall–Kier alpha value is -1.18. The standard InChI is InChI=1S/C11H22N4O3/c12-18-8-11(17)15-7-10(16)14-6-3-9-1-4-13-5-2-9/h9,13H,1-8,12H2,(H,14,16)(H,15,17). The van der Waals surface area contributed by atoms with Gasteiger partial charge in [-0.15, -0.1) is 0 Å². The van der Waals surface area contributed by atoms with Gasteiger partial charge in [-0.25, -0.2) is 5.90 Å². The summed E-state index contributed by atoms with van der Waals surface area (Å²) in [6.45, 7) is 2.52. The van der Waals surface area contributed by atoms with Crippen LogP contribution >= 0.6 is 0 Å². The number of nitrogens with one attached hydrogen (secondary N) is 3. The van der Waals surface area contributed by atoms with Crippen molar-refractivity contribution in [1.82, 2.24) is 16.0 Å². The summed E-state index contributed by atoms with van der Waals surface area (Å²) in [6.07, 6.45) is 3.33. The van der Waals surface area contributed by atoms with E-state index in [0.29, 0.717) is 12.5 Å². The Labute approximate surface area is 107 Å². The Morgan fingerprint density at radius 1 is 1.22 bits per heavy atom. The van der Waals surface area contributed by atoms with Crippen molar-refractivity contribution in [3.63, 3.8) is 0 Å². The number of rotatable bonds is 7. The van der Waals surface area contributed by atoms with Crippen LogP contribution in [0.5, 0.6) is 0 Å². The van der Waals surface area contributed by atoms with Gasteiger partial charge in [0, 0.05) is 6.54 Å². The summed E-state index contributed by atoms with van der Waals surface area (Å²) in [6, 6.07) is 0. The van der Waals surface area contributed by atoms with Gasteiger partial charge in [-0.05, 0) is 38.3 Å². The number of nitrogens with two attached hydrogens (primary N) is 1. The van der Waals surface area contributed by atoms with Gasteiger partial charge in [-0.2, -0.15) is 0 Å². The smallest absolute Gasteiger partial charge is 0.248 e. The molecule has 1 heterocycles. The topological polar surface area (TPSA) is 105 Å². The number of hydrogen-bond donors (Lipinski definition) is 4. The average molecular weight is 258 g/mol. The van der Waals surface area contributed by atoms with Gasteiger partial charge in [0.2, 0.25) is 11.8 Å². The maximum Gasteiger partial charge on any atom is 0.248 e. The second-order valence-corrected chi connectivity index (χ2v) is 4.42. The van der Waals surface area contributed by atoms with E-state index in [1.807, 2.05) is 0 Å².